The van der Waals surface area contributed by atoms with E-state index >= 15 is 0 Å². The second kappa shape index (κ2) is 3.51. The number of carbonyl (C=O) groups is 2. The average molecular weight is 178 g/mol. The standard InChI is InChI=1S/C6H10O6/c1-3(7)6(12,5(10)11)2-4(8)9/h3,7,12H,2H2,1H3,(H,8,9)(H,10,11). The van der Waals surface area contributed by atoms with E-state index in [9.17, 15) is 9.59 Å². The van der Waals surface area contributed by atoms with E-state index in [-0.39, 0.29) is 0 Å². The molecule has 0 aliphatic carbocycles. The lowest BCUT2D eigenvalue weighted by Gasteiger charge is -2.23. The highest BCUT2D eigenvalue weighted by atomic mass is 16.4. The minimum atomic E-state index is -2.61. The van der Waals surface area contributed by atoms with Crippen LogP contribution in [-0.4, -0.2) is 44.1 Å². The molecule has 0 bridgehead atoms. The number of carboxylic acids is 2. The molecule has 0 saturated heterocycles. The molecule has 0 fully saturated rings. The Labute approximate surface area is 68.1 Å². The zero-order valence-corrected chi connectivity index (χ0v) is 6.39. The first-order chi connectivity index (χ1) is 5.30. The van der Waals surface area contributed by atoms with Gasteiger partial charge in [-0.1, -0.05) is 0 Å². The maximum atomic E-state index is 10.3. The quantitative estimate of drug-likeness (QED) is 0.423. The molecular weight excluding hydrogens is 168 g/mol. The van der Waals surface area contributed by atoms with Crippen LogP contribution in [0.5, 0.6) is 0 Å². The molecule has 0 aromatic carbocycles. The van der Waals surface area contributed by atoms with Crippen molar-refractivity contribution in [3.8, 4) is 0 Å². The van der Waals surface area contributed by atoms with Crippen LogP contribution in [0, 0.1) is 0 Å². The first-order valence-corrected chi connectivity index (χ1v) is 3.16. The van der Waals surface area contributed by atoms with Crippen LogP contribution in [0.1, 0.15) is 13.3 Å². The molecule has 12 heavy (non-hydrogen) atoms. The molecule has 70 valence electrons. The number of aliphatic hydroxyl groups excluding tert-OH is 1. The predicted molar refractivity (Wildman–Crippen MR) is 36.5 cm³/mol. The highest BCUT2D eigenvalue weighted by Crippen LogP contribution is 2.15. The van der Waals surface area contributed by atoms with Crippen molar-refractivity contribution in [2.24, 2.45) is 0 Å². The minimum Gasteiger partial charge on any atom is -0.481 e. The third-order valence-electron chi connectivity index (χ3n) is 1.48. The molecule has 4 N–H and O–H groups in total. The fourth-order valence-corrected chi connectivity index (χ4v) is 0.633. The Balaban J connectivity index is 4.62. The number of aliphatic hydroxyl groups is 2. The van der Waals surface area contributed by atoms with Gasteiger partial charge in [0.1, 0.15) is 0 Å². The smallest absolute Gasteiger partial charge is 0.339 e. The summed E-state index contributed by atoms with van der Waals surface area (Å²) in [6, 6.07) is 0. The van der Waals surface area contributed by atoms with E-state index in [0.717, 1.165) is 6.92 Å². The molecule has 0 saturated carbocycles. The molecule has 0 aliphatic rings. The van der Waals surface area contributed by atoms with E-state index in [2.05, 4.69) is 0 Å². The first kappa shape index (κ1) is 10.9. The van der Waals surface area contributed by atoms with Gasteiger partial charge in [0.15, 0.2) is 5.60 Å². The Morgan fingerprint density at radius 1 is 1.42 bits per heavy atom. The summed E-state index contributed by atoms with van der Waals surface area (Å²) < 4.78 is 0. The number of carboxylic acid groups (broad SMARTS) is 2. The van der Waals surface area contributed by atoms with E-state index in [0.29, 0.717) is 0 Å². The van der Waals surface area contributed by atoms with Crippen molar-refractivity contribution in [3.63, 3.8) is 0 Å². The van der Waals surface area contributed by atoms with E-state index in [4.69, 9.17) is 20.4 Å². The normalized spacial score (nSPS) is 17.9. The largest absolute Gasteiger partial charge is 0.481 e. The molecule has 0 aromatic rings. The van der Waals surface area contributed by atoms with Crippen molar-refractivity contribution in [1.82, 2.24) is 0 Å². The van der Waals surface area contributed by atoms with Crippen LogP contribution in [0.3, 0.4) is 0 Å². The van der Waals surface area contributed by atoms with Gasteiger partial charge in [-0.2, -0.15) is 0 Å². The van der Waals surface area contributed by atoms with Gasteiger partial charge in [-0.15, -0.1) is 0 Å². The Bertz CT molecular complexity index is 198. The molecule has 0 aromatic heterocycles. The molecule has 0 heterocycles. The highest BCUT2D eigenvalue weighted by molar-refractivity contribution is 5.84. The van der Waals surface area contributed by atoms with E-state index in [1.54, 1.807) is 0 Å². The third kappa shape index (κ3) is 2.18. The van der Waals surface area contributed by atoms with Gasteiger partial charge < -0.3 is 20.4 Å². The van der Waals surface area contributed by atoms with Gasteiger partial charge in [-0.3, -0.25) is 4.79 Å². The van der Waals surface area contributed by atoms with Gasteiger partial charge in [0.2, 0.25) is 0 Å². The Morgan fingerprint density at radius 2 is 1.83 bits per heavy atom. The number of hydrogen-bond donors (Lipinski definition) is 4. The lowest BCUT2D eigenvalue weighted by molar-refractivity contribution is -0.176. The van der Waals surface area contributed by atoms with E-state index in [1.165, 1.54) is 0 Å². The predicted octanol–water partition coefficient (Wildman–Crippen LogP) is -1.34. The van der Waals surface area contributed by atoms with E-state index < -0.39 is 30.1 Å². The molecule has 0 aliphatic heterocycles. The number of hydrogen-bond acceptors (Lipinski definition) is 4. The lowest BCUT2D eigenvalue weighted by Crippen LogP contribution is -2.49. The van der Waals surface area contributed by atoms with Gasteiger partial charge in [-0.05, 0) is 6.92 Å². The monoisotopic (exact) mass is 178 g/mol. The van der Waals surface area contributed by atoms with Crippen LogP contribution in [0.15, 0.2) is 0 Å². The third-order valence-corrected chi connectivity index (χ3v) is 1.48. The summed E-state index contributed by atoms with van der Waals surface area (Å²) in [5.41, 5.74) is -2.61. The lowest BCUT2D eigenvalue weighted by atomic mass is 9.94. The second-order valence-corrected chi connectivity index (χ2v) is 2.48. The average Bonchev–Trinajstić information content (AvgIpc) is 1.84. The van der Waals surface area contributed by atoms with E-state index in [1.807, 2.05) is 0 Å². The van der Waals surface area contributed by atoms with Gasteiger partial charge >= 0.3 is 11.9 Å². The van der Waals surface area contributed by atoms with Crippen molar-refractivity contribution in [1.29, 1.82) is 0 Å². The zero-order chi connectivity index (χ0) is 9.94. The summed E-state index contributed by atoms with van der Waals surface area (Å²) in [7, 11) is 0. The van der Waals surface area contributed by atoms with Gasteiger partial charge in [0.05, 0.1) is 12.5 Å². The van der Waals surface area contributed by atoms with Gasteiger partial charge in [0.25, 0.3) is 0 Å². The van der Waals surface area contributed by atoms with Crippen molar-refractivity contribution < 1.29 is 30.0 Å². The molecule has 6 heteroatoms. The minimum absolute atomic E-state index is 1.01. The maximum Gasteiger partial charge on any atom is 0.339 e. The van der Waals surface area contributed by atoms with Crippen LogP contribution < -0.4 is 0 Å². The van der Waals surface area contributed by atoms with Gasteiger partial charge in [-0.25, -0.2) is 4.79 Å². The summed E-state index contributed by atoms with van der Waals surface area (Å²) in [5.74, 6) is -3.24. The van der Waals surface area contributed by atoms with Crippen LogP contribution >= 0.6 is 0 Å². The fourth-order valence-electron chi connectivity index (χ4n) is 0.633. The Morgan fingerprint density at radius 3 is 1.92 bits per heavy atom. The zero-order valence-electron chi connectivity index (χ0n) is 6.39. The van der Waals surface area contributed by atoms with Crippen LogP contribution in [0.2, 0.25) is 0 Å². The van der Waals surface area contributed by atoms with Crippen molar-refractivity contribution in [3.05, 3.63) is 0 Å². The molecular formula is C6H10O6. The molecule has 0 rings (SSSR count). The molecule has 0 spiro atoms. The maximum absolute atomic E-state index is 10.3. The molecule has 2 unspecified atom stereocenters. The summed E-state index contributed by atoms with van der Waals surface area (Å²) in [6.07, 6.45) is -2.66. The topological polar surface area (TPSA) is 115 Å². The summed E-state index contributed by atoms with van der Waals surface area (Å²) in [4.78, 5) is 20.4. The van der Waals surface area contributed by atoms with Crippen LogP contribution in [0.25, 0.3) is 0 Å². The van der Waals surface area contributed by atoms with Crippen LogP contribution in [-0.2, 0) is 9.59 Å². The molecule has 0 amide bonds. The summed E-state index contributed by atoms with van der Waals surface area (Å²) >= 11 is 0. The Hall–Kier alpha value is -1.14. The molecule has 0 radical (unpaired) electrons. The molecule has 2 atom stereocenters. The van der Waals surface area contributed by atoms with Crippen LogP contribution in [0.4, 0.5) is 0 Å². The van der Waals surface area contributed by atoms with Crippen molar-refractivity contribution >= 4 is 11.9 Å². The second-order valence-electron chi connectivity index (χ2n) is 2.48. The summed E-state index contributed by atoms with van der Waals surface area (Å²) in [5, 5.41) is 34.5. The molecule has 6 nitrogen and oxygen atoms in total. The fraction of sp³-hybridized carbons (Fsp3) is 0.667. The number of rotatable bonds is 4. The van der Waals surface area contributed by atoms with Gasteiger partial charge in [0, 0.05) is 0 Å². The van der Waals surface area contributed by atoms with Crippen molar-refractivity contribution in [2.75, 3.05) is 0 Å². The van der Waals surface area contributed by atoms with Crippen molar-refractivity contribution in [2.45, 2.75) is 25.0 Å². The summed E-state index contributed by atoms with van der Waals surface area (Å²) in [6.45, 7) is 1.01. The number of aliphatic carboxylic acids is 2. The Kier molecular flexibility index (Phi) is 3.17. The highest BCUT2D eigenvalue weighted by Gasteiger charge is 2.43. The SMILES string of the molecule is CC(O)C(O)(CC(=O)O)C(=O)O. The first-order valence-electron chi connectivity index (χ1n) is 3.16.